The van der Waals surface area contributed by atoms with Crippen molar-refractivity contribution in [2.45, 2.75) is 13.8 Å². The minimum atomic E-state index is 0.467. The molecule has 0 radical (unpaired) electrons. The highest BCUT2D eigenvalue weighted by atomic mass is 79.9. The summed E-state index contributed by atoms with van der Waals surface area (Å²) in [6.07, 6.45) is 0. The number of benzene rings is 1. The van der Waals surface area contributed by atoms with Gasteiger partial charge in [0.15, 0.2) is 0 Å². The molecule has 15 heavy (non-hydrogen) atoms. The van der Waals surface area contributed by atoms with Gasteiger partial charge >= 0.3 is 0 Å². The summed E-state index contributed by atoms with van der Waals surface area (Å²) in [5.74, 6) is 0.864. The van der Waals surface area contributed by atoms with E-state index in [9.17, 15) is 0 Å². The molecule has 0 aliphatic heterocycles. The van der Waals surface area contributed by atoms with Gasteiger partial charge < -0.3 is 10.5 Å². The predicted molar refractivity (Wildman–Crippen MR) is 67.3 cm³/mol. The molecule has 1 rings (SSSR count). The first-order chi connectivity index (χ1) is 7.04. The molecule has 1 aromatic rings. The van der Waals surface area contributed by atoms with Gasteiger partial charge in [-0.1, -0.05) is 22.5 Å². The Bertz CT molecular complexity index is 351. The summed E-state index contributed by atoms with van der Waals surface area (Å²) >= 11 is 3.51. The number of halogens is 1. The van der Waals surface area contributed by atoms with E-state index in [1.54, 1.807) is 0 Å². The van der Waals surface area contributed by atoms with E-state index in [-0.39, 0.29) is 0 Å². The van der Waals surface area contributed by atoms with Gasteiger partial charge in [-0.05, 0) is 42.7 Å². The maximum absolute atomic E-state index is 5.57. The number of hydrogen-bond acceptors (Lipinski definition) is 2. The Morgan fingerprint density at radius 1 is 1.40 bits per heavy atom. The molecule has 0 unspecified atom stereocenters. The fourth-order valence-electron chi connectivity index (χ4n) is 1.23. The van der Waals surface area contributed by atoms with Gasteiger partial charge in [-0.25, -0.2) is 0 Å². The van der Waals surface area contributed by atoms with E-state index in [4.69, 9.17) is 10.5 Å². The normalized spacial score (nSPS) is 10.1. The highest BCUT2D eigenvalue weighted by Crippen LogP contribution is 2.26. The van der Waals surface area contributed by atoms with Crippen molar-refractivity contribution < 1.29 is 4.74 Å². The number of ether oxygens (including phenoxy) is 1. The fourth-order valence-corrected chi connectivity index (χ4v) is 1.46. The van der Waals surface area contributed by atoms with Crippen LogP contribution in [-0.4, -0.2) is 13.2 Å². The molecule has 3 heteroatoms. The first-order valence-electron chi connectivity index (χ1n) is 4.81. The van der Waals surface area contributed by atoms with Crippen LogP contribution in [-0.2, 0) is 0 Å². The van der Waals surface area contributed by atoms with Crippen LogP contribution in [0.4, 0.5) is 0 Å². The Hall–Kier alpha value is -0.800. The van der Waals surface area contributed by atoms with Crippen LogP contribution in [0, 0.1) is 13.8 Å². The van der Waals surface area contributed by atoms with Crippen LogP contribution in [0.15, 0.2) is 28.8 Å². The lowest BCUT2D eigenvalue weighted by Gasteiger charge is -2.10. The monoisotopic (exact) mass is 269 g/mol. The lowest BCUT2D eigenvalue weighted by atomic mass is 10.1. The number of rotatable bonds is 4. The molecule has 0 saturated heterocycles. The first kappa shape index (κ1) is 12.3. The predicted octanol–water partition coefficient (Wildman–Crippen LogP) is 2.96. The van der Waals surface area contributed by atoms with Crippen LogP contribution >= 0.6 is 15.9 Å². The molecular weight excluding hydrogens is 254 g/mol. The van der Waals surface area contributed by atoms with Gasteiger partial charge in [0.2, 0.25) is 0 Å². The van der Waals surface area contributed by atoms with Crippen LogP contribution in [0.25, 0.3) is 0 Å². The molecule has 0 atom stereocenters. The van der Waals surface area contributed by atoms with Crippen molar-refractivity contribution in [1.82, 2.24) is 0 Å². The second-order valence-corrected chi connectivity index (χ2v) is 4.41. The van der Waals surface area contributed by atoms with Crippen LogP contribution in [0.1, 0.15) is 11.1 Å². The molecule has 0 aromatic heterocycles. The molecule has 82 valence electrons. The van der Waals surface area contributed by atoms with E-state index >= 15 is 0 Å². The molecule has 0 aliphatic carbocycles. The zero-order chi connectivity index (χ0) is 11.4. The quantitative estimate of drug-likeness (QED) is 0.854. The molecule has 0 spiro atoms. The Morgan fingerprint density at radius 3 is 2.40 bits per heavy atom. The summed E-state index contributed by atoms with van der Waals surface area (Å²) in [7, 11) is 0. The van der Waals surface area contributed by atoms with Gasteiger partial charge in [0.25, 0.3) is 0 Å². The van der Waals surface area contributed by atoms with Crippen molar-refractivity contribution in [1.29, 1.82) is 0 Å². The van der Waals surface area contributed by atoms with E-state index in [0.717, 1.165) is 15.8 Å². The third kappa shape index (κ3) is 3.36. The second kappa shape index (κ2) is 5.33. The molecule has 0 aliphatic rings. The average Bonchev–Trinajstić information content (AvgIpc) is 2.22. The Morgan fingerprint density at radius 2 is 1.93 bits per heavy atom. The van der Waals surface area contributed by atoms with Crippen molar-refractivity contribution in [2.24, 2.45) is 5.73 Å². The van der Waals surface area contributed by atoms with Gasteiger partial charge in [-0.15, -0.1) is 0 Å². The summed E-state index contributed by atoms with van der Waals surface area (Å²) in [6, 6.07) is 4.00. The summed E-state index contributed by atoms with van der Waals surface area (Å²) in [5, 5.41) is 0. The van der Waals surface area contributed by atoms with E-state index < -0.39 is 0 Å². The molecule has 0 saturated carbocycles. The van der Waals surface area contributed by atoms with E-state index in [1.165, 1.54) is 11.1 Å². The Kier molecular flexibility index (Phi) is 4.36. The number of nitrogens with two attached hydrogens (primary N) is 1. The highest BCUT2D eigenvalue weighted by Gasteiger charge is 2.03. The minimum Gasteiger partial charge on any atom is -0.489 e. The van der Waals surface area contributed by atoms with E-state index in [2.05, 4.69) is 22.5 Å². The van der Waals surface area contributed by atoms with Gasteiger partial charge in [-0.2, -0.15) is 0 Å². The number of hydrogen-bond donors (Lipinski definition) is 1. The van der Waals surface area contributed by atoms with Crippen LogP contribution < -0.4 is 10.5 Å². The lowest BCUT2D eigenvalue weighted by Crippen LogP contribution is -2.10. The topological polar surface area (TPSA) is 35.2 Å². The molecule has 0 heterocycles. The van der Waals surface area contributed by atoms with Crippen molar-refractivity contribution in [3.05, 3.63) is 39.9 Å². The zero-order valence-corrected chi connectivity index (χ0v) is 10.7. The summed E-state index contributed by atoms with van der Waals surface area (Å²) in [6.45, 7) is 8.83. The number of aryl methyl sites for hydroxylation is 2. The van der Waals surface area contributed by atoms with Gasteiger partial charge in [0.05, 0.1) is 0 Å². The summed E-state index contributed by atoms with van der Waals surface area (Å²) in [4.78, 5) is 0. The minimum absolute atomic E-state index is 0.467. The standard InChI is InChI=1S/C12H16BrNO/c1-8(6-14)7-15-11-4-9(2)12(13)10(3)5-11/h4-5H,1,6-7,14H2,2-3H3. The van der Waals surface area contributed by atoms with E-state index in [1.807, 2.05) is 26.0 Å². The maximum Gasteiger partial charge on any atom is 0.120 e. The molecule has 0 amide bonds. The summed E-state index contributed by atoms with van der Waals surface area (Å²) < 4.78 is 6.71. The first-order valence-corrected chi connectivity index (χ1v) is 5.60. The van der Waals surface area contributed by atoms with E-state index in [0.29, 0.717) is 13.2 Å². The van der Waals surface area contributed by atoms with Gasteiger partial charge in [-0.3, -0.25) is 0 Å². The maximum atomic E-state index is 5.57. The molecule has 1 aromatic carbocycles. The van der Waals surface area contributed by atoms with Crippen LogP contribution in [0.5, 0.6) is 5.75 Å². The van der Waals surface area contributed by atoms with Crippen molar-refractivity contribution in [3.8, 4) is 5.75 Å². The SMILES string of the molecule is C=C(CN)COc1cc(C)c(Br)c(C)c1. The van der Waals surface area contributed by atoms with Crippen molar-refractivity contribution in [3.63, 3.8) is 0 Å². The largest absolute Gasteiger partial charge is 0.489 e. The molecule has 0 fully saturated rings. The zero-order valence-electron chi connectivity index (χ0n) is 9.14. The van der Waals surface area contributed by atoms with Crippen molar-refractivity contribution >= 4 is 15.9 Å². The second-order valence-electron chi connectivity index (χ2n) is 3.61. The third-order valence-electron chi connectivity index (χ3n) is 2.14. The van der Waals surface area contributed by atoms with Crippen LogP contribution in [0.3, 0.4) is 0 Å². The summed E-state index contributed by atoms with van der Waals surface area (Å²) in [5.41, 5.74) is 8.67. The van der Waals surface area contributed by atoms with Gasteiger partial charge in [0, 0.05) is 11.0 Å². The highest BCUT2D eigenvalue weighted by molar-refractivity contribution is 9.10. The molecular formula is C12H16BrNO. The lowest BCUT2D eigenvalue weighted by molar-refractivity contribution is 0.350. The Balaban J connectivity index is 2.75. The van der Waals surface area contributed by atoms with Gasteiger partial charge in [0.1, 0.15) is 12.4 Å². The molecule has 0 bridgehead atoms. The van der Waals surface area contributed by atoms with Crippen LogP contribution in [0.2, 0.25) is 0 Å². The van der Waals surface area contributed by atoms with Crippen molar-refractivity contribution in [2.75, 3.05) is 13.2 Å². The molecule has 2 N–H and O–H groups in total. The average molecular weight is 270 g/mol. The smallest absolute Gasteiger partial charge is 0.120 e. The third-order valence-corrected chi connectivity index (χ3v) is 3.39. The molecule has 2 nitrogen and oxygen atoms in total. The fraction of sp³-hybridized carbons (Fsp3) is 0.333. The Labute approximate surface area is 99.3 Å².